The highest BCUT2D eigenvalue weighted by Crippen LogP contribution is 2.26. The largest absolute Gasteiger partial charge is 0.306 e. The number of hydrogen-bond donors (Lipinski definition) is 1. The number of likely N-dealkylation sites (tertiary alicyclic amines) is 1. The molecule has 2 aromatic rings. The Morgan fingerprint density at radius 1 is 1.25 bits per heavy atom. The molecule has 20 heavy (non-hydrogen) atoms. The van der Waals surface area contributed by atoms with Crippen LogP contribution in [0.2, 0.25) is 0 Å². The molecule has 5 nitrogen and oxygen atoms in total. The molecule has 1 aliphatic rings. The first-order valence-corrected chi connectivity index (χ1v) is 7.17. The molecule has 2 aromatic heterocycles. The third kappa shape index (κ3) is 2.45. The molecule has 0 radical (unpaired) electrons. The molecule has 1 saturated heterocycles. The predicted octanol–water partition coefficient (Wildman–Crippen LogP) is 2.29. The van der Waals surface area contributed by atoms with E-state index in [1.165, 1.54) is 19.4 Å². The first-order chi connectivity index (χ1) is 9.65. The van der Waals surface area contributed by atoms with Gasteiger partial charge in [-0.2, -0.15) is 5.10 Å². The summed E-state index contributed by atoms with van der Waals surface area (Å²) < 4.78 is 0. The Kier molecular flexibility index (Phi) is 3.53. The molecule has 0 saturated carbocycles. The molecule has 0 amide bonds. The first-order valence-electron chi connectivity index (χ1n) is 7.17. The topological polar surface area (TPSA) is 57.7 Å². The summed E-state index contributed by atoms with van der Waals surface area (Å²) in [6, 6.07) is 0. The van der Waals surface area contributed by atoms with Crippen molar-refractivity contribution < 1.29 is 0 Å². The van der Waals surface area contributed by atoms with Crippen LogP contribution in [0.1, 0.15) is 35.8 Å². The molecule has 3 heterocycles. The van der Waals surface area contributed by atoms with Crippen LogP contribution >= 0.6 is 0 Å². The summed E-state index contributed by atoms with van der Waals surface area (Å²) in [4.78, 5) is 11.6. The summed E-state index contributed by atoms with van der Waals surface area (Å²) in [7, 11) is 2.17. The van der Waals surface area contributed by atoms with Crippen LogP contribution in [0.15, 0.2) is 12.4 Å². The SMILES string of the molecule is Cc1n[nH]c(C)c1-c1cnc(C2CCCN(C)C2)cn1. The maximum Gasteiger partial charge on any atom is 0.0922 e. The fourth-order valence-corrected chi connectivity index (χ4v) is 3.01. The highest BCUT2D eigenvalue weighted by atomic mass is 15.1. The third-order valence-electron chi connectivity index (χ3n) is 4.10. The van der Waals surface area contributed by atoms with Gasteiger partial charge < -0.3 is 4.90 Å². The van der Waals surface area contributed by atoms with Crippen molar-refractivity contribution in [2.24, 2.45) is 0 Å². The maximum absolute atomic E-state index is 4.64. The second-order valence-corrected chi connectivity index (χ2v) is 5.74. The van der Waals surface area contributed by atoms with Gasteiger partial charge in [-0.25, -0.2) is 0 Å². The van der Waals surface area contributed by atoms with E-state index >= 15 is 0 Å². The van der Waals surface area contributed by atoms with Gasteiger partial charge in [0.2, 0.25) is 0 Å². The van der Waals surface area contributed by atoms with Gasteiger partial charge in [0.25, 0.3) is 0 Å². The van der Waals surface area contributed by atoms with Gasteiger partial charge in [0.1, 0.15) is 0 Å². The number of nitrogens with zero attached hydrogens (tertiary/aromatic N) is 4. The third-order valence-corrected chi connectivity index (χ3v) is 4.10. The average Bonchev–Trinajstić information content (AvgIpc) is 2.78. The summed E-state index contributed by atoms with van der Waals surface area (Å²) in [5.74, 6) is 0.516. The van der Waals surface area contributed by atoms with Crippen LogP contribution < -0.4 is 0 Å². The molecule has 3 rings (SSSR count). The summed E-state index contributed by atoms with van der Waals surface area (Å²) >= 11 is 0. The van der Waals surface area contributed by atoms with Gasteiger partial charge in [0, 0.05) is 29.9 Å². The number of piperidine rings is 1. The van der Waals surface area contributed by atoms with Gasteiger partial charge in [-0.3, -0.25) is 15.1 Å². The zero-order valence-electron chi connectivity index (χ0n) is 12.3. The van der Waals surface area contributed by atoms with E-state index in [-0.39, 0.29) is 0 Å². The Hall–Kier alpha value is -1.75. The number of hydrogen-bond acceptors (Lipinski definition) is 4. The van der Waals surface area contributed by atoms with Crippen molar-refractivity contribution in [1.29, 1.82) is 0 Å². The fourth-order valence-electron chi connectivity index (χ4n) is 3.01. The lowest BCUT2D eigenvalue weighted by atomic mass is 9.95. The van der Waals surface area contributed by atoms with E-state index in [1.54, 1.807) is 0 Å². The van der Waals surface area contributed by atoms with E-state index in [2.05, 4.69) is 32.1 Å². The van der Waals surface area contributed by atoms with Crippen LogP contribution in [0.4, 0.5) is 0 Å². The van der Waals surface area contributed by atoms with Gasteiger partial charge in [-0.05, 0) is 40.3 Å². The van der Waals surface area contributed by atoms with Gasteiger partial charge in [0.15, 0.2) is 0 Å². The Labute approximate surface area is 119 Å². The molecule has 0 aromatic carbocycles. The lowest BCUT2D eigenvalue weighted by Crippen LogP contribution is -2.31. The maximum atomic E-state index is 4.64. The zero-order valence-corrected chi connectivity index (χ0v) is 12.3. The van der Waals surface area contributed by atoms with E-state index in [0.29, 0.717) is 5.92 Å². The molecule has 1 N–H and O–H groups in total. The summed E-state index contributed by atoms with van der Waals surface area (Å²) in [6.45, 7) is 6.28. The van der Waals surface area contributed by atoms with Gasteiger partial charge in [0.05, 0.1) is 23.3 Å². The van der Waals surface area contributed by atoms with E-state index in [9.17, 15) is 0 Å². The molecule has 1 aliphatic heterocycles. The van der Waals surface area contributed by atoms with Crippen molar-refractivity contribution in [2.75, 3.05) is 20.1 Å². The number of likely N-dealkylation sites (N-methyl/N-ethyl adjacent to an activating group) is 1. The highest BCUT2D eigenvalue weighted by molar-refractivity contribution is 5.63. The number of aromatic nitrogens is 4. The molecule has 1 fully saturated rings. The van der Waals surface area contributed by atoms with Gasteiger partial charge >= 0.3 is 0 Å². The predicted molar refractivity (Wildman–Crippen MR) is 78.6 cm³/mol. The van der Waals surface area contributed by atoms with Gasteiger partial charge in [-0.1, -0.05) is 0 Å². The van der Waals surface area contributed by atoms with Crippen LogP contribution in [0.5, 0.6) is 0 Å². The molecule has 1 unspecified atom stereocenters. The molecule has 0 bridgehead atoms. The van der Waals surface area contributed by atoms with Crippen molar-refractivity contribution in [3.8, 4) is 11.3 Å². The number of rotatable bonds is 2. The number of aromatic amines is 1. The quantitative estimate of drug-likeness (QED) is 0.910. The molecular weight excluding hydrogens is 250 g/mol. The first kappa shape index (κ1) is 13.2. The van der Waals surface area contributed by atoms with Crippen LogP contribution in [0.25, 0.3) is 11.3 Å². The normalized spacial score (nSPS) is 20.2. The van der Waals surface area contributed by atoms with Crippen molar-refractivity contribution in [2.45, 2.75) is 32.6 Å². The minimum Gasteiger partial charge on any atom is -0.306 e. The Morgan fingerprint density at radius 2 is 2.10 bits per heavy atom. The van der Waals surface area contributed by atoms with Gasteiger partial charge in [-0.15, -0.1) is 0 Å². The minimum absolute atomic E-state index is 0.516. The number of aryl methyl sites for hydroxylation is 2. The molecule has 1 atom stereocenters. The van der Waals surface area contributed by atoms with E-state index in [1.807, 2.05) is 26.2 Å². The number of H-pyrrole nitrogens is 1. The minimum atomic E-state index is 0.516. The number of nitrogens with one attached hydrogen (secondary N) is 1. The van der Waals surface area contributed by atoms with Crippen molar-refractivity contribution >= 4 is 0 Å². The summed E-state index contributed by atoms with van der Waals surface area (Å²) in [5, 5.41) is 7.21. The lowest BCUT2D eigenvalue weighted by molar-refractivity contribution is 0.248. The summed E-state index contributed by atoms with van der Waals surface area (Å²) in [6.07, 6.45) is 6.27. The van der Waals surface area contributed by atoms with Crippen molar-refractivity contribution in [3.05, 3.63) is 29.5 Å². The molecular formula is C15H21N5. The molecule has 5 heteroatoms. The average molecular weight is 271 g/mol. The smallest absolute Gasteiger partial charge is 0.0922 e. The van der Waals surface area contributed by atoms with Crippen LogP contribution in [0.3, 0.4) is 0 Å². The Bertz CT molecular complexity index is 567. The Morgan fingerprint density at radius 3 is 2.70 bits per heavy atom. The zero-order chi connectivity index (χ0) is 14.1. The van der Waals surface area contributed by atoms with E-state index in [4.69, 9.17) is 0 Å². The Balaban J connectivity index is 1.84. The lowest BCUT2D eigenvalue weighted by Gasteiger charge is -2.29. The molecule has 0 aliphatic carbocycles. The van der Waals surface area contributed by atoms with E-state index < -0.39 is 0 Å². The monoisotopic (exact) mass is 271 g/mol. The standard InChI is InChI=1S/C15H21N5/c1-10-15(11(2)19-18-10)14-8-16-13(7-17-14)12-5-4-6-20(3)9-12/h7-8,12H,4-6,9H2,1-3H3,(H,18,19). The molecule has 106 valence electrons. The second kappa shape index (κ2) is 5.32. The van der Waals surface area contributed by atoms with Crippen LogP contribution in [0, 0.1) is 13.8 Å². The second-order valence-electron chi connectivity index (χ2n) is 5.74. The van der Waals surface area contributed by atoms with Crippen molar-refractivity contribution in [3.63, 3.8) is 0 Å². The van der Waals surface area contributed by atoms with Crippen molar-refractivity contribution in [1.82, 2.24) is 25.1 Å². The highest BCUT2D eigenvalue weighted by Gasteiger charge is 2.20. The molecule has 0 spiro atoms. The van der Waals surface area contributed by atoms with Crippen LogP contribution in [-0.4, -0.2) is 45.2 Å². The summed E-state index contributed by atoms with van der Waals surface area (Å²) in [5.41, 5.74) is 5.11. The van der Waals surface area contributed by atoms with Crippen LogP contribution in [-0.2, 0) is 0 Å². The fraction of sp³-hybridized carbons (Fsp3) is 0.533. The van der Waals surface area contributed by atoms with E-state index in [0.717, 1.165) is 34.9 Å².